The lowest BCUT2D eigenvalue weighted by Gasteiger charge is -2.38. The average molecular weight is 296 g/mol. The van der Waals surface area contributed by atoms with Crippen LogP contribution in [0.25, 0.3) is 0 Å². The highest BCUT2D eigenvalue weighted by molar-refractivity contribution is 7.11. The molecule has 1 aliphatic carbocycles. The fraction of sp³-hybridized carbons (Fsp3) is 0.812. The fourth-order valence-electron chi connectivity index (χ4n) is 2.72. The highest BCUT2D eigenvalue weighted by Gasteiger charge is 2.33. The van der Waals surface area contributed by atoms with Gasteiger partial charge in [0.1, 0.15) is 0 Å². The van der Waals surface area contributed by atoms with Crippen molar-refractivity contribution < 1.29 is 5.11 Å². The molecule has 0 unspecified atom stereocenters. The van der Waals surface area contributed by atoms with Crippen molar-refractivity contribution in [2.45, 2.75) is 70.9 Å². The van der Waals surface area contributed by atoms with Gasteiger partial charge in [-0.25, -0.2) is 4.98 Å². The van der Waals surface area contributed by atoms with Crippen molar-refractivity contribution in [1.29, 1.82) is 0 Å². The lowest BCUT2D eigenvalue weighted by atomic mass is 9.77. The summed E-state index contributed by atoms with van der Waals surface area (Å²) in [5, 5.41) is 14.6. The molecule has 0 aromatic carbocycles. The van der Waals surface area contributed by atoms with Gasteiger partial charge in [0.05, 0.1) is 11.6 Å². The largest absolute Gasteiger partial charge is 0.394 e. The third-order valence-corrected chi connectivity index (χ3v) is 5.79. The summed E-state index contributed by atoms with van der Waals surface area (Å²) in [4.78, 5) is 5.79. The molecule has 1 aromatic rings. The minimum absolute atomic E-state index is 0.0710. The Labute approximate surface area is 126 Å². The molecule has 1 fully saturated rings. The van der Waals surface area contributed by atoms with Crippen LogP contribution in [0.15, 0.2) is 6.20 Å². The molecule has 0 bridgehead atoms. The van der Waals surface area contributed by atoms with Crippen molar-refractivity contribution >= 4 is 11.3 Å². The molecule has 1 aliphatic rings. The van der Waals surface area contributed by atoms with Gasteiger partial charge in [0, 0.05) is 28.6 Å². The summed E-state index contributed by atoms with van der Waals surface area (Å²) in [7, 11) is 0. The van der Waals surface area contributed by atoms with Crippen molar-refractivity contribution in [3.8, 4) is 0 Å². The summed E-state index contributed by atoms with van der Waals surface area (Å²) >= 11 is 1.78. The Kier molecular flexibility index (Phi) is 4.88. The molecule has 0 spiro atoms. The van der Waals surface area contributed by atoms with Gasteiger partial charge in [-0.15, -0.1) is 11.3 Å². The molecule has 1 aromatic heterocycles. The van der Waals surface area contributed by atoms with Gasteiger partial charge in [0.25, 0.3) is 0 Å². The number of hydrogen-bond donors (Lipinski definition) is 2. The van der Waals surface area contributed by atoms with E-state index in [2.05, 4.69) is 38.0 Å². The normalized spacial score (nSPS) is 27.8. The van der Waals surface area contributed by atoms with Crippen LogP contribution < -0.4 is 5.32 Å². The minimum atomic E-state index is -0.0710. The summed E-state index contributed by atoms with van der Waals surface area (Å²) in [6.45, 7) is 9.95. The molecule has 114 valence electrons. The van der Waals surface area contributed by atoms with E-state index in [-0.39, 0.29) is 17.6 Å². The predicted molar refractivity (Wildman–Crippen MR) is 85.1 cm³/mol. The smallest absolute Gasteiger partial charge is 0.0981 e. The van der Waals surface area contributed by atoms with Gasteiger partial charge in [-0.05, 0) is 31.6 Å². The summed E-state index contributed by atoms with van der Waals surface area (Å²) in [5.74, 6) is 0.798. The summed E-state index contributed by atoms with van der Waals surface area (Å²) in [5.41, 5.74) is 0.0518. The molecule has 3 nitrogen and oxygen atoms in total. The second kappa shape index (κ2) is 6.12. The molecular weight excluding hydrogens is 268 g/mol. The van der Waals surface area contributed by atoms with Crippen LogP contribution >= 0.6 is 11.3 Å². The maximum Gasteiger partial charge on any atom is 0.0981 e. The van der Waals surface area contributed by atoms with Gasteiger partial charge in [0.2, 0.25) is 0 Å². The highest BCUT2D eigenvalue weighted by Crippen LogP contribution is 2.32. The average Bonchev–Trinajstić information content (AvgIpc) is 2.88. The van der Waals surface area contributed by atoms with E-state index in [1.54, 1.807) is 11.3 Å². The van der Waals surface area contributed by atoms with Crippen LogP contribution in [-0.4, -0.2) is 22.2 Å². The SMILES string of the molecule is CC1CCC(CO)(NCc2cnc(C(C)(C)C)s2)CC1. The molecule has 4 heteroatoms. The summed E-state index contributed by atoms with van der Waals surface area (Å²) < 4.78 is 0. The molecule has 0 amide bonds. The molecular formula is C16H28N2OS. The van der Waals surface area contributed by atoms with E-state index in [0.29, 0.717) is 0 Å². The van der Waals surface area contributed by atoms with E-state index in [1.165, 1.54) is 22.7 Å². The monoisotopic (exact) mass is 296 g/mol. The first-order valence-corrected chi connectivity index (χ1v) is 8.47. The van der Waals surface area contributed by atoms with Crippen LogP contribution in [0, 0.1) is 5.92 Å². The van der Waals surface area contributed by atoms with Crippen LogP contribution in [0.4, 0.5) is 0 Å². The Balaban J connectivity index is 1.95. The van der Waals surface area contributed by atoms with E-state index in [9.17, 15) is 5.11 Å². The number of thiazole rings is 1. The number of aromatic nitrogens is 1. The first kappa shape index (κ1) is 15.9. The number of aliphatic hydroxyl groups is 1. The van der Waals surface area contributed by atoms with Crippen LogP contribution in [0.2, 0.25) is 0 Å². The second-order valence-electron chi connectivity index (χ2n) is 7.36. The van der Waals surface area contributed by atoms with E-state index in [4.69, 9.17) is 0 Å². The zero-order valence-electron chi connectivity index (χ0n) is 13.2. The molecule has 20 heavy (non-hydrogen) atoms. The third kappa shape index (κ3) is 3.80. The maximum absolute atomic E-state index is 9.77. The lowest BCUT2D eigenvalue weighted by Crippen LogP contribution is -2.50. The molecule has 2 rings (SSSR count). The molecule has 0 saturated heterocycles. The molecule has 2 N–H and O–H groups in total. The fourth-order valence-corrected chi connectivity index (χ4v) is 3.63. The van der Waals surface area contributed by atoms with Crippen molar-refractivity contribution in [1.82, 2.24) is 10.3 Å². The van der Waals surface area contributed by atoms with E-state index < -0.39 is 0 Å². The standard InChI is InChI=1S/C16H28N2OS/c1-12-5-7-16(11-19,8-6-12)18-10-13-9-17-14(20-13)15(2,3)4/h9,12,18-19H,5-8,10-11H2,1-4H3. The first-order chi connectivity index (χ1) is 9.35. The van der Waals surface area contributed by atoms with Crippen LogP contribution in [0.5, 0.6) is 0 Å². The van der Waals surface area contributed by atoms with Crippen LogP contribution in [0.1, 0.15) is 63.3 Å². The summed E-state index contributed by atoms with van der Waals surface area (Å²) in [6, 6.07) is 0. The van der Waals surface area contributed by atoms with Gasteiger partial charge >= 0.3 is 0 Å². The third-order valence-electron chi connectivity index (χ3n) is 4.37. The van der Waals surface area contributed by atoms with E-state index in [0.717, 1.165) is 25.3 Å². The zero-order valence-corrected chi connectivity index (χ0v) is 14.0. The highest BCUT2D eigenvalue weighted by atomic mass is 32.1. The van der Waals surface area contributed by atoms with Crippen LogP contribution in [0.3, 0.4) is 0 Å². The number of nitrogens with zero attached hydrogens (tertiary/aromatic N) is 1. The Bertz CT molecular complexity index is 428. The predicted octanol–water partition coefficient (Wildman–Crippen LogP) is 3.47. The molecule has 0 atom stereocenters. The van der Waals surface area contributed by atoms with Crippen molar-refractivity contribution in [2.24, 2.45) is 5.92 Å². The molecule has 0 radical (unpaired) electrons. The first-order valence-electron chi connectivity index (χ1n) is 7.66. The van der Waals surface area contributed by atoms with Gasteiger partial charge in [-0.3, -0.25) is 0 Å². The Morgan fingerprint density at radius 2 is 2.05 bits per heavy atom. The number of rotatable bonds is 4. The van der Waals surface area contributed by atoms with Crippen molar-refractivity contribution in [2.75, 3.05) is 6.61 Å². The van der Waals surface area contributed by atoms with Crippen molar-refractivity contribution in [3.63, 3.8) is 0 Å². The quantitative estimate of drug-likeness (QED) is 0.894. The van der Waals surface area contributed by atoms with Gasteiger partial charge in [0.15, 0.2) is 0 Å². The number of nitrogens with one attached hydrogen (secondary N) is 1. The second-order valence-corrected chi connectivity index (χ2v) is 8.47. The van der Waals surface area contributed by atoms with E-state index >= 15 is 0 Å². The van der Waals surface area contributed by atoms with Crippen molar-refractivity contribution in [3.05, 3.63) is 16.1 Å². The van der Waals surface area contributed by atoms with E-state index in [1.807, 2.05) is 6.20 Å². The number of hydrogen-bond acceptors (Lipinski definition) is 4. The lowest BCUT2D eigenvalue weighted by molar-refractivity contribution is 0.104. The minimum Gasteiger partial charge on any atom is -0.394 e. The van der Waals surface area contributed by atoms with Gasteiger partial charge in [-0.1, -0.05) is 27.7 Å². The maximum atomic E-state index is 9.77. The number of aliphatic hydroxyl groups excluding tert-OH is 1. The van der Waals surface area contributed by atoms with Gasteiger partial charge < -0.3 is 10.4 Å². The Morgan fingerprint density at radius 3 is 2.55 bits per heavy atom. The Morgan fingerprint density at radius 1 is 1.40 bits per heavy atom. The van der Waals surface area contributed by atoms with Gasteiger partial charge in [-0.2, -0.15) is 0 Å². The zero-order chi connectivity index (χ0) is 14.8. The van der Waals surface area contributed by atoms with Crippen LogP contribution in [-0.2, 0) is 12.0 Å². The molecule has 1 saturated carbocycles. The molecule has 0 aliphatic heterocycles. The topological polar surface area (TPSA) is 45.1 Å². The molecule has 1 heterocycles. The Hall–Kier alpha value is -0.450. The summed E-state index contributed by atoms with van der Waals surface area (Å²) in [6.07, 6.45) is 6.56.